The van der Waals surface area contributed by atoms with Crippen molar-refractivity contribution in [3.63, 3.8) is 0 Å². The molecule has 0 aliphatic carbocycles. The first-order valence-corrected chi connectivity index (χ1v) is 8.27. The van der Waals surface area contributed by atoms with Crippen LogP contribution in [0.1, 0.15) is 18.4 Å². The summed E-state index contributed by atoms with van der Waals surface area (Å²) in [5, 5.41) is 2.77. The van der Waals surface area contributed by atoms with Gasteiger partial charge in [-0.3, -0.25) is 19.3 Å². The molecule has 1 aliphatic rings. The minimum atomic E-state index is -0.138. The van der Waals surface area contributed by atoms with Crippen LogP contribution in [0.25, 0.3) is 0 Å². The van der Waals surface area contributed by atoms with Crippen LogP contribution in [0.3, 0.4) is 0 Å². The van der Waals surface area contributed by atoms with Crippen LogP contribution in [0.4, 0.5) is 0 Å². The third kappa shape index (κ3) is 5.76. The number of imide groups is 1. The molecule has 3 amide bonds. The number of benzene rings is 1. The highest BCUT2D eigenvalue weighted by molar-refractivity contribution is 9.10. The van der Waals surface area contributed by atoms with E-state index in [0.29, 0.717) is 39.0 Å². The first-order valence-electron chi connectivity index (χ1n) is 7.48. The first kappa shape index (κ1) is 17.6. The van der Waals surface area contributed by atoms with Crippen molar-refractivity contribution in [2.45, 2.75) is 19.3 Å². The van der Waals surface area contributed by atoms with E-state index in [1.165, 1.54) is 4.90 Å². The van der Waals surface area contributed by atoms with Gasteiger partial charge in [-0.2, -0.15) is 0 Å². The van der Waals surface area contributed by atoms with Crippen molar-refractivity contribution in [3.8, 4) is 0 Å². The van der Waals surface area contributed by atoms with E-state index in [1.807, 2.05) is 24.3 Å². The molecule has 1 N–H and O–H groups in total. The summed E-state index contributed by atoms with van der Waals surface area (Å²) in [6, 6.07) is 7.58. The number of nitrogens with zero attached hydrogens (tertiary/aromatic N) is 1. The Bertz CT molecular complexity index is 558. The van der Waals surface area contributed by atoms with E-state index in [9.17, 15) is 14.4 Å². The van der Waals surface area contributed by atoms with E-state index in [1.54, 1.807) is 0 Å². The van der Waals surface area contributed by atoms with E-state index in [4.69, 9.17) is 4.74 Å². The SMILES string of the molecule is O=C(Cc1ccc(Br)cc1)NCCOCCN1C(=O)CCC1=O. The molecule has 1 fully saturated rings. The molecule has 1 heterocycles. The van der Waals surface area contributed by atoms with E-state index >= 15 is 0 Å². The second-order valence-electron chi connectivity index (χ2n) is 5.20. The number of carbonyl (C=O) groups is 3. The summed E-state index contributed by atoms with van der Waals surface area (Å²) in [5.41, 5.74) is 0.942. The summed E-state index contributed by atoms with van der Waals surface area (Å²) in [4.78, 5) is 35.7. The maximum atomic E-state index is 11.7. The number of halogens is 1. The third-order valence-electron chi connectivity index (χ3n) is 3.46. The minimum Gasteiger partial charge on any atom is -0.378 e. The number of carbonyl (C=O) groups excluding carboxylic acids is 3. The molecule has 1 aromatic rings. The molecule has 0 aromatic heterocycles. The van der Waals surface area contributed by atoms with Gasteiger partial charge in [-0.1, -0.05) is 28.1 Å². The topological polar surface area (TPSA) is 75.7 Å². The van der Waals surface area contributed by atoms with Gasteiger partial charge >= 0.3 is 0 Å². The fourth-order valence-corrected chi connectivity index (χ4v) is 2.51. The summed E-state index contributed by atoms with van der Waals surface area (Å²) in [6.07, 6.45) is 0.917. The Morgan fingerprint density at radius 1 is 1.13 bits per heavy atom. The van der Waals surface area contributed by atoms with Crippen LogP contribution in [-0.2, 0) is 25.5 Å². The average molecular weight is 383 g/mol. The van der Waals surface area contributed by atoms with Gasteiger partial charge in [0.25, 0.3) is 0 Å². The molecule has 0 bridgehead atoms. The Balaban J connectivity index is 1.55. The second kappa shape index (κ2) is 8.79. The van der Waals surface area contributed by atoms with Crippen molar-refractivity contribution in [3.05, 3.63) is 34.3 Å². The van der Waals surface area contributed by atoms with E-state index in [2.05, 4.69) is 21.2 Å². The summed E-state index contributed by atoms with van der Waals surface area (Å²) in [6.45, 7) is 1.32. The summed E-state index contributed by atoms with van der Waals surface area (Å²) in [7, 11) is 0. The molecule has 2 rings (SSSR count). The largest absolute Gasteiger partial charge is 0.378 e. The number of hydrogen-bond acceptors (Lipinski definition) is 4. The lowest BCUT2D eigenvalue weighted by atomic mass is 10.1. The maximum absolute atomic E-state index is 11.7. The average Bonchev–Trinajstić information content (AvgIpc) is 2.84. The first-order chi connectivity index (χ1) is 11.1. The molecule has 7 heteroatoms. The van der Waals surface area contributed by atoms with Gasteiger partial charge in [-0.25, -0.2) is 0 Å². The monoisotopic (exact) mass is 382 g/mol. The van der Waals surface area contributed by atoms with E-state index in [0.717, 1.165) is 10.0 Å². The van der Waals surface area contributed by atoms with Gasteiger partial charge in [0.05, 0.1) is 26.2 Å². The highest BCUT2D eigenvalue weighted by atomic mass is 79.9. The zero-order valence-corrected chi connectivity index (χ0v) is 14.3. The molecular weight excluding hydrogens is 364 g/mol. The molecule has 0 atom stereocenters. The van der Waals surface area contributed by atoms with Gasteiger partial charge in [0, 0.05) is 23.9 Å². The lowest BCUT2D eigenvalue weighted by Gasteiger charge is -2.13. The Labute approximate surface area is 143 Å². The van der Waals surface area contributed by atoms with Crippen LogP contribution < -0.4 is 5.32 Å². The lowest BCUT2D eigenvalue weighted by Crippen LogP contribution is -2.33. The van der Waals surface area contributed by atoms with Gasteiger partial charge in [-0.15, -0.1) is 0 Å². The van der Waals surface area contributed by atoms with Gasteiger partial charge in [0.15, 0.2) is 0 Å². The van der Waals surface area contributed by atoms with Crippen LogP contribution >= 0.6 is 15.9 Å². The number of amides is 3. The van der Waals surface area contributed by atoms with Gasteiger partial charge in [-0.05, 0) is 17.7 Å². The predicted molar refractivity (Wildman–Crippen MR) is 87.6 cm³/mol. The molecule has 124 valence electrons. The number of likely N-dealkylation sites (tertiary alicyclic amines) is 1. The van der Waals surface area contributed by atoms with Crippen molar-refractivity contribution in [1.29, 1.82) is 0 Å². The Morgan fingerprint density at radius 2 is 1.78 bits per heavy atom. The van der Waals surface area contributed by atoms with Crippen molar-refractivity contribution < 1.29 is 19.1 Å². The molecule has 0 spiro atoms. The smallest absolute Gasteiger partial charge is 0.229 e. The minimum absolute atomic E-state index is 0.0687. The quantitative estimate of drug-likeness (QED) is 0.542. The Hall–Kier alpha value is -1.73. The summed E-state index contributed by atoms with van der Waals surface area (Å²) in [5.74, 6) is -0.344. The van der Waals surface area contributed by atoms with Crippen LogP contribution in [0.2, 0.25) is 0 Å². The molecule has 23 heavy (non-hydrogen) atoms. The van der Waals surface area contributed by atoms with Crippen LogP contribution in [-0.4, -0.2) is 48.9 Å². The molecular formula is C16H19BrN2O4. The molecule has 0 saturated carbocycles. The predicted octanol–water partition coefficient (Wildman–Crippen LogP) is 1.27. The highest BCUT2D eigenvalue weighted by Gasteiger charge is 2.28. The summed E-state index contributed by atoms with van der Waals surface area (Å²) >= 11 is 3.35. The van der Waals surface area contributed by atoms with Crippen molar-refractivity contribution >= 4 is 33.7 Å². The van der Waals surface area contributed by atoms with Crippen molar-refractivity contribution in [2.75, 3.05) is 26.3 Å². The molecule has 1 saturated heterocycles. The maximum Gasteiger partial charge on any atom is 0.229 e. The number of rotatable bonds is 8. The fourth-order valence-electron chi connectivity index (χ4n) is 2.24. The second-order valence-corrected chi connectivity index (χ2v) is 6.12. The van der Waals surface area contributed by atoms with E-state index in [-0.39, 0.29) is 24.3 Å². The van der Waals surface area contributed by atoms with Crippen molar-refractivity contribution in [1.82, 2.24) is 10.2 Å². The van der Waals surface area contributed by atoms with Crippen molar-refractivity contribution in [2.24, 2.45) is 0 Å². The number of ether oxygens (including phenoxy) is 1. The number of hydrogen-bond donors (Lipinski definition) is 1. The zero-order chi connectivity index (χ0) is 16.7. The Kier molecular flexibility index (Phi) is 6.73. The zero-order valence-electron chi connectivity index (χ0n) is 12.7. The normalized spacial score (nSPS) is 14.4. The molecule has 6 nitrogen and oxygen atoms in total. The summed E-state index contributed by atoms with van der Waals surface area (Å²) < 4.78 is 6.32. The highest BCUT2D eigenvalue weighted by Crippen LogP contribution is 2.11. The van der Waals surface area contributed by atoms with Crippen LogP contribution in [0.5, 0.6) is 0 Å². The third-order valence-corrected chi connectivity index (χ3v) is 3.99. The molecule has 0 radical (unpaired) electrons. The van der Waals surface area contributed by atoms with Crippen LogP contribution in [0.15, 0.2) is 28.7 Å². The van der Waals surface area contributed by atoms with Gasteiger partial charge in [0.1, 0.15) is 0 Å². The Morgan fingerprint density at radius 3 is 2.43 bits per heavy atom. The lowest BCUT2D eigenvalue weighted by molar-refractivity contribution is -0.139. The van der Waals surface area contributed by atoms with Crippen LogP contribution in [0, 0.1) is 0 Å². The van der Waals surface area contributed by atoms with Gasteiger partial charge in [0.2, 0.25) is 17.7 Å². The number of nitrogens with one attached hydrogen (secondary N) is 1. The van der Waals surface area contributed by atoms with Gasteiger partial charge < -0.3 is 10.1 Å². The molecule has 1 aromatic carbocycles. The molecule has 1 aliphatic heterocycles. The standard InChI is InChI=1S/C16H19BrN2O4/c17-13-3-1-12(2-4-13)11-14(20)18-7-9-23-10-8-19-15(21)5-6-16(19)22/h1-4H,5-11H2,(H,18,20). The molecule has 0 unspecified atom stereocenters. The van der Waals surface area contributed by atoms with E-state index < -0.39 is 0 Å². The fraction of sp³-hybridized carbons (Fsp3) is 0.438.